The van der Waals surface area contributed by atoms with E-state index in [1.807, 2.05) is 41.2 Å². The van der Waals surface area contributed by atoms with E-state index in [4.69, 9.17) is 4.74 Å². The Labute approximate surface area is 171 Å². The quantitative estimate of drug-likeness (QED) is 0.686. The topological polar surface area (TPSA) is 56.1 Å². The first-order chi connectivity index (χ1) is 14.4. The number of rotatable bonds is 5. The molecule has 1 aromatic heterocycles. The number of alkyl halides is 3. The predicted octanol–water partition coefficient (Wildman–Crippen LogP) is 3.99. The summed E-state index contributed by atoms with van der Waals surface area (Å²) >= 11 is 0. The van der Waals surface area contributed by atoms with Crippen LogP contribution in [0, 0.1) is 0 Å². The largest absolute Gasteiger partial charge is 0.416 e. The molecule has 1 aliphatic rings. The Kier molecular flexibility index (Phi) is 5.59. The Balaban J connectivity index is 1.44. The van der Waals surface area contributed by atoms with E-state index < -0.39 is 23.8 Å². The molecule has 0 bridgehead atoms. The van der Waals surface area contributed by atoms with Gasteiger partial charge in [-0.05, 0) is 35.7 Å². The van der Waals surface area contributed by atoms with Crippen molar-refractivity contribution in [3.8, 4) is 0 Å². The number of carbonyl (C=O) groups excluding carboxylic acids is 1. The van der Waals surface area contributed by atoms with Crippen molar-refractivity contribution < 1.29 is 22.7 Å². The number of halogens is 3. The lowest BCUT2D eigenvalue weighted by Gasteiger charge is -2.22. The van der Waals surface area contributed by atoms with Gasteiger partial charge in [0.25, 0.3) is 5.91 Å². The SMILES string of the molecule is O=C(NCC1OCCc2cn(Cc3ccccc3)nc21)c1cccc(C(F)(F)F)c1. The molecular formula is C22H20F3N3O2. The summed E-state index contributed by atoms with van der Waals surface area (Å²) in [6, 6.07) is 14.3. The highest BCUT2D eigenvalue weighted by Gasteiger charge is 2.31. The van der Waals surface area contributed by atoms with Crippen molar-refractivity contribution in [2.24, 2.45) is 0 Å². The van der Waals surface area contributed by atoms with Crippen LogP contribution < -0.4 is 5.32 Å². The molecule has 0 saturated carbocycles. The summed E-state index contributed by atoms with van der Waals surface area (Å²) in [4.78, 5) is 12.4. The summed E-state index contributed by atoms with van der Waals surface area (Å²) < 4.78 is 46.2. The minimum absolute atomic E-state index is 0.0459. The van der Waals surface area contributed by atoms with Crippen LogP contribution in [0.2, 0.25) is 0 Å². The van der Waals surface area contributed by atoms with E-state index in [-0.39, 0.29) is 12.1 Å². The first kappa shape index (κ1) is 20.2. The van der Waals surface area contributed by atoms with E-state index in [1.165, 1.54) is 12.1 Å². The second kappa shape index (κ2) is 8.31. The monoisotopic (exact) mass is 415 g/mol. The summed E-state index contributed by atoms with van der Waals surface area (Å²) in [5, 5.41) is 7.28. The summed E-state index contributed by atoms with van der Waals surface area (Å²) in [5.74, 6) is -0.583. The minimum atomic E-state index is -4.50. The normalized spacial score (nSPS) is 16.2. The highest BCUT2D eigenvalue weighted by Crippen LogP contribution is 2.30. The van der Waals surface area contributed by atoms with Crippen molar-refractivity contribution in [1.29, 1.82) is 0 Å². The average Bonchev–Trinajstić information content (AvgIpc) is 3.15. The van der Waals surface area contributed by atoms with Gasteiger partial charge in [0.1, 0.15) is 6.10 Å². The Morgan fingerprint density at radius 1 is 1.17 bits per heavy atom. The third-order valence-corrected chi connectivity index (χ3v) is 4.95. The van der Waals surface area contributed by atoms with Crippen LogP contribution in [-0.2, 0) is 23.9 Å². The maximum atomic E-state index is 12.9. The molecule has 156 valence electrons. The van der Waals surface area contributed by atoms with E-state index in [0.29, 0.717) is 13.2 Å². The van der Waals surface area contributed by atoms with Crippen molar-refractivity contribution in [2.75, 3.05) is 13.2 Å². The number of aromatic nitrogens is 2. The molecule has 0 aliphatic carbocycles. The van der Waals surface area contributed by atoms with Gasteiger partial charge in [-0.1, -0.05) is 36.4 Å². The zero-order valence-electron chi connectivity index (χ0n) is 16.0. The van der Waals surface area contributed by atoms with Crippen LogP contribution in [0.15, 0.2) is 60.8 Å². The highest BCUT2D eigenvalue weighted by molar-refractivity contribution is 5.94. The van der Waals surface area contributed by atoms with E-state index in [1.54, 1.807) is 0 Å². The lowest BCUT2D eigenvalue weighted by Crippen LogP contribution is -2.32. The first-order valence-corrected chi connectivity index (χ1v) is 9.57. The van der Waals surface area contributed by atoms with Gasteiger partial charge in [0.2, 0.25) is 0 Å². The Bertz CT molecular complexity index is 1030. The molecule has 3 aromatic rings. The van der Waals surface area contributed by atoms with Crippen LogP contribution in [0.3, 0.4) is 0 Å². The summed E-state index contributed by atoms with van der Waals surface area (Å²) in [5.41, 5.74) is 2.02. The van der Waals surface area contributed by atoms with Crippen LogP contribution >= 0.6 is 0 Å². The van der Waals surface area contributed by atoms with Gasteiger partial charge in [0.15, 0.2) is 0 Å². The van der Waals surface area contributed by atoms with Gasteiger partial charge in [-0.2, -0.15) is 18.3 Å². The number of fused-ring (bicyclic) bond motifs is 1. The van der Waals surface area contributed by atoms with Crippen LogP contribution in [-0.4, -0.2) is 28.8 Å². The van der Waals surface area contributed by atoms with E-state index >= 15 is 0 Å². The van der Waals surface area contributed by atoms with Gasteiger partial charge in [0.05, 0.1) is 24.4 Å². The van der Waals surface area contributed by atoms with Crippen molar-refractivity contribution in [3.05, 3.63) is 88.7 Å². The molecule has 1 unspecified atom stereocenters. The highest BCUT2D eigenvalue weighted by atomic mass is 19.4. The smallest absolute Gasteiger partial charge is 0.370 e. The fraction of sp³-hybridized carbons (Fsp3) is 0.273. The number of hydrogen-bond acceptors (Lipinski definition) is 3. The maximum absolute atomic E-state index is 12.9. The summed E-state index contributed by atoms with van der Waals surface area (Å²) in [7, 11) is 0. The summed E-state index contributed by atoms with van der Waals surface area (Å²) in [6.45, 7) is 1.25. The predicted molar refractivity (Wildman–Crippen MR) is 104 cm³/mol. The Morgan fingerprint density at radius 3 is 2.73 bits per heavy atom. The minimum Gasteiger partial charge on any atom is -0.370 e. The number of nitrogens with zero attached hydrogens (tertiary/aromatic N) is 2. The lowest BCUT2D eigenvalue weighted by atomic mass is 10.1. The van der Waals surface area contributed by atoms with E-state index in [2.05, 4.69) is 10.4 Å². The van der Waals surface area contributed by atoms with E-state index in [0.717, 1.165) is 35.4 Å². The molecule has 30 heavy (non-hydrogen) atoms. The van der Waals surface area contributed by atoms with Crippen LogP contribution in [0.1, 0.15) is 38.8 Å². The Morgan fingerprint density at radius 2 is 1.97 bits per heavy atom. The molecule has 0 radical (unpaired) electrons. The first-order valence-electron chi connectivity index (χ1n) is 9.57. The molecule has 0 spiro atoms. The average molecular weight is 415 g/mol. The molecule has 5 nitrogen and oxygen atoms in total. The van der Waals surface area contributed by atoms with Crippen LogP contribution in [0.25, 0.3) is 0 Å². The van der Waals surface area contributed by atoms with Gasteiger partial charge < -0.3 is 10.1 Å². The van der Waals surface area contributed by atoms with Crippen molar-refractivity contribution in [2.45, 2.75) is 25.2 Å². The molecule has 1 aliphatic heterocycles. The fourth-order valence-electron chi connectivity index (χ4n) is 3.46. The van der Waals surface area contributed by atoms with Gasteiger partial charge >= 0.3 is 6.18 Å². The number of hydrogen-bond donors (Lipinski definition) is 1. The van der Waals surface area contributed by atoms with Crippen molar-refractivity contribution >= 4 is 5.91 Å². The lowest BCUT2D eigenvalue weighted by molar-refractivity contribution is -0.137. The molecule has 2 aromatic carbocycles. The second-order valence-electron chi connectivity index (χ2n) is 7.12. The summed E-state index contributed by atoms with van der Waals surface area (Å²) in [6.07, 6.45) is -2.24. The zero-order valence-corrected chi connectivity index (χ0v) is 16.0. The van der Waals surface area contributed by atoms with Crippen molar-refractivity contribution in [1.82, 2.24) is 15.1 Å². The van der Waals surface area contributed by atoms with Gasteiger partial charge in [-0.3, -0.25) is 9.48 Å². The van der Waals surface area contributed by atoms with Crippen molar-refractivity contribution in [3.63, 3.8) is 0 Å². The number of ether oxygens (including phenoxy) is 1. The third kappa shape index (κ3) is 4.54. The maximum Gasteiger partial charge on any atom is 0.416 e. The van der Waals surface area contributed by atoms with Gasteiger partial charge in [-0.15, -0.1) is 0 Å². The number of benzene rings is 2. The number of amides is 1. The Hall–Kier alpha value is -3.13. The van der Waals surface area contributed by atoms with Gasteiger partial charge in [-0.25, -0.2) is 0 Å². The zero-order chi connectivity index (χ0) is 21.1. The van der Waals surface area contributed by atoms with Crippen LogP contribution in [0.4, 0.5) is 13.2 Å². The molecule has 0 fully saturated rings. The molecule has 1 amide bonds. The molecular weight excluding hydrogens is 395 g/mol. The molecule has 8 heteroatoms. The molecule has 1 N–H and O–H groups in total. The molecule has 4 rings (SSSR count). The van der Waals surface area contributed by atoms with E-state index in [9.17, 15) is 18.0 Å². The fourth-order valence-corrected chi connectivity index (χ4v) is 3.46. The standard InChI is InChI=1S/C22H20F3N3O2/c23-22(24,25)18-8-4-7-16(11-18)21(29)26-12-19-20-17(9-10-30-19)14-28(27-20)13-15-5-2-1-3-6-15/h1-8,11,14,19H,9-10,12-13H2,(H,26,29). The third-order valence-electron chi connectivity index (χ3n) is 4.95. The number of carbonyl (C=O) groups is 1. The molecule has 2 heterocycles. The van der Waals surface area contributed by atoms with Gasteiger partial charge in [0, 0.05) is 18.3 Å². The van der Waals surface area contributed by atoms with Crippen LogP contribution in [0.5, 0.6) is 0 Å². The molecule has 0 saturated heterocycles. The number of nitrogens with one attached hydrogen (secondary N) is 1. The second-order valence-corrected chi connectivity index (χ2v) is 7.12. The molecule has 1 atom stereocenters.